The van der Waals surface area contributed by atoms with Crippen LogP contribution in [0.5, 0.6) is 5.75 Å². The molecule has 0 saturated carbocycles. The molecule has 0 aliphatic carbocycles. The molecule has 0 aromatic heterocycles. The van der Waals surface area contributed by atoms with Gasteiger partial charge in [-0.2, -0.15) is 18.4 Å². The third kappa shape index (κ3) is 3.96. The van der Waals surface area contributed by atoms with E-state index in [2.05, 4.69) is 11.4 Å². The number of alkyl halides is 3. The Hall–Kier alpha value is -2.63. The average Bonchev–Trinajstić information content (AvgIpc) is 2.55. The minimum absolute atomic E-state index is 0.0690. The van der Waals surface area contributed by atoms with Crippen molar-refractivity contribution in [2.75, 3.05) is 16.8 Å². The first kappa shape index (κ1) is 21.7. The molecular formula is C19H24F3N3O3. The lowest BCUT2D eigenvalue weighted by molar-refractivity contribution is -0.175. The molecule has 1 amide bonds. The second-order valence-corrected chi connectivity index (χ2v) is 8.08. The summed E-state index contributed by atoms with van der Waals surface area (Å²) in [4.78, 5) is 12.0. The number of nitriles is 1. The van der Waals surface area contributed by atoms with Crippen LogP contribution in [0.2, 0.25) is 0 Å². The maximum absolute atomic E-state index is 13.5. The van der Waals surface area contributed by atoms with E-state index in [-0.39, 0.29) is 11.8 Å². The Kier molecular flexibility index (Phi) is 5.48. The Balaban J connectivity index is 2.41. The number of carboxylic acid groups (broad SMARTS) is 1. The van der Waals surface area contributed by atoms with Crippen LogP contribution in [-0.4, -0.2) is 35.6 Å². The van der Waals surface area contributed by atoms with Gasteiger partial charge in [0.2, 0.25) is 0 Å². The Morgan fingerprint density at radius 2 is 1.96 bits per heavy atom. The SMILES string of the molecule is Cc1c(N(C(=O)O)C(C)(C)C(F)(F)F)ccc2c1NC[C@@H](CC(C)(C)C#N)O2. The molecule has 2 rings (SSSR count). The van der Waals surface area contributed by atoms with Crippen molar-refractivity contribution in [3.63, 3.8) is 0 Å². The summed E-state index contributed by atoms with van der Waals surface area (Å²) < 4.78 is 46.3. The number of halogens is 3. The Labute approximate surface area is 161 Å². The number of hydrogen-bond acceptors (Lipinski definition) is 4. The maximum atomic E-state index is 13.5. The van der Waals surface area contributed by atoms with E-state index in [1.54, 1.807) is 20.8 Å². The topological polar surface area (TPSA) is 85.6 Å². The van der Waals surface area contributed by atoms with Gasteiger partial charge in [-0.15, -0.1) is 0 Å². The van der Waals surface area contributed by atoms with Gasteiger partial charge in [-0.05, 0) is 52.3 Å². The van der Waals surface area contributed by atoms with Crippen LogP contribution in [-0.2, 0) is 0 Å². The number of rotatable bonds is 4. The van der Waals surface area contributed by atoms with Gasteiger partial charge in [0, 0.05) is 6.42 Å². The minimum atomic E-state index is -4.76. The van der Waals surface area contributed by atoms with E-state index in [1.165, 1.54) is 12.1 Å². The first-order valence-corrected chi connectivity index (χ1v) is 8.76. The molecule has 1 heterocycles. The fourth-order valence-electron chi connectivity index (χ4n) is 3.17. The summed E-state index contributed by atoms with van der Waals surface area (Å²) in [5.74, 6) is 0.418. The summed E-state index contributed by atoms with van der Waals surface area (Å²) in [7, 11) is 0. The van der Waals surface area contributed by atoms with Gasteiger partial charge < -0.3 is 15.2 Å². The fraction of sp³-hybridized carbons (Fsp3) is 0.579. The maximum Gasteiger partial charge on any atom is 0.412 e. The first-order chi connectivity index (χ1) is 12.7. The average molecular weight is 399 g/mol. The van der Waals surface area contributed by atoms with Crippen molar-refractivity contribution in [3.8, 4) is 11.8 Å². The van der Waals surface area contributed by atoms with Gasteiger partial charge >= 0.3 is 12.3 Å². The van der Waals surface area contributed by atoms with E-state index in [9.17, 15) is 28.3 Å². The summed E-state index contributed by atoms with van der Waals surface area (Å²) in [5.41, 5.74) is -2.48. The predicted molar refractivity (Wildman–Crippen MR) is 98.7 cm³/mol. The Bertz CT molecular complexity index is 813. The molecule has 9 heteroatoms. The highest BCUT2D eigenvalue weighted by molar-refractivity contribution is 5.91. The van der Waals surface area contributed by atoms with Crippen LogP contribution in [0.4, 0.5) is 29.3 Å². The normalized spacial score (nSPS) is 17.0. The van der Waals surface area contributed by atoms with Crippen LogP contribution >= 0.6 is 0 Å². The van der Waals surface area contributed by atoms with Gasteiger partial charge in [0.15, 0.2) is 0 Å². The molecule has 0 bridgehead atoms. The number of hydrogen-bond donors (Lipinski definition) is 2. The summed E-state index contributed by atoms with van der Waals surface area (Å²) >= 11 is 0. The van der Waals surface area contributed by atoms with E-state index >= 15 is 0 Å². The zero-order valence-corrected chi connectivity index (χ0v) is 16.4. The third-order valence-corrected chi connectivity index (χ3v) is 4.92. The molecule has 0 fully saturated rings. The Morgan fingerprint density at radius 3 is 2.46 bits per heavy atom. The van der Waals surface area contributed by atoms with Gasteiger partial charge in [-0.3, -0.25) is 4.90 Å². The summed E-state index contributed by atoms with van der Waals surface area (Å²) in [6.45, 7) is 7.15. The number of nitrogens with zero attached hydrogens (tertiary/aromatic N) is 2. The van der Waals surface area contributed by atoms with Crippen molar-refractivity contribution in [1.29, 1.82) is 5.26 Å². The molecule has 0 spiro atoms. The second-order valence-electron chi connectivity index (χ2n) is 8.08. The second kappa shape index (κ2) is 7.08. The molecular weight excluding hydrogens is 375 g/mol. The van der Waals surface area contributed by atoms with E-state index in [4.69, 9.17) is 4.74 Å². The van der Waals surface area contributed by atoms with E-state index in [1.807, 2.05) is 0 Å². The molecule has 0 unspecified atom stereocenters. The van der Waals surface area contributed by atoms with Gasteiger partial charge in [0.25, 0.3) is 0 Å². The molecule has 1 aromatic rings. The quantitative estimate of drug-likeness (QED) is 0.750. The van der Waals surface area contributed by atoms with Crippen LogP contribution in [0.3, 0.4) is 0 Å². The highest BCUT2D eigenvalue weighted by Gasteiger charge is 2.54. The van der Waals surface area contributed by atoms with Crippen molar-refractivity contribution < 1.29 is 27.8 Å². The van der Waals surface area contributed by atoms with Gasteiger partial charge in [-0.1, -0.05) is 0 Å². The van der Waals surface area contributed by atoms with E-state index in [0.29, 0.717) is 34.9 Å². The molecule has 1 aliphatic heterocycles. The van der Waals surface area contributed by atoms with E-state index in [0.717, 1.165) is 13.8 Å². The lowest BCUT2D eigenvalue weighted by Gasteiger charge is -2.39. The van der Waals surface area contributed by atoms with Crippen LogP contribution in [0.25, 0.3) is 0 Å². The summed E-state index contributed by atoms with van der Waals surface area (Å²) in [5, 5.41) is 21.8. The predicted octanol–water partition coefficient (Wildman–Crippen LogP) is 4.93. The van der Waals surface area contributed by atoms with Gasteiger partial charge in [-0.25, -0.2) is 4.79 Å². The Morgan fingerprint density at radius 1 is 1.36 bits per heavy atom. The molecule has 2 N–H and O–H groups in total. The summed E-state index contributed by atoms with van der Waals surface area (Å²) in [6.07, 6.45) is -6.27. The molecule has 1 aliphatic rings. The molecule has 6 nitrogen and oxygen atoms in total. The molecule has 154 valence electrons. The van der Waals surface area contributed by atoms with Gasteiger partial charge in [0.05, 0.1) is 29.4 Å². The fourth-order valence-corrected chi connectivity index (χ4v) is 3.17. The highest BCUT2D eigenvalue weighted by atomic mass is 19.4. The number of amides is 1. The molecule has 0 saturated heterocycles. The van der Waals surface area contributed by atoms with Crippen LogP contribution in [0, 0.1) is 23.7 Å². The number of anilines is 2. The zero-order valence-electron chi connectivity index (χ0n) is 16.4. The largest absolute Gasteiger partial charge is 0.486 e. The lowest BCUT2D eigenvalue weighted by Crippen LogP contribution is -2.57. The standard InChI is InChI=1S/C19H24F3N3O3/c1-11-13(25(16(26)27)18(4,5)19(20,21)22)6-7-14-15(11)24-9-12(28-14)8-17(2,3)10-23/h6-7,12,24H,8-9H2,1-5H3,(H,26,27)/t12-/m1/s1. The monoisotopic (exact) mass is 399 g/mol. The highest BCUT2D eigenvalue weighted by Crippen LogP contribution is 2.44. The third-order valence-electron chi connectivity index (χ3n) is 4.92. The van der Waals surface area contributed by atoms with E-state index < -0.39 is 23.2 Å². The number of benzene rings is 1. The molecule has 0 radical (unpaired) electrons. The van der Waals surface area contributed by atoms with Crippen LogP contribution < -0.4 is 15.0 Å². The van der Waals surface area contributed by atoms with Crippen molar-refractivity contribution in [2.45, 2.75) is 58.9 Å². The van der Waals surface area contributed by atoms with Crippen molar-refractivity contribution in [2.24, 2.45) is 5.41 Å². The van der Waals surface area contributed by atoms with Crippen molar-refractivity contribution in [1.82, 2.24) is 0 Å². The van der Waals surface area contributed by atoms with Crippen molar-refractivity contribution in [3.05, 3.63) is 17.7 Å². The molecule has 1 aromatic carbocycles. The minimum Gasteiger partial charge on any atom is -0.486 e. The number of carbonyl (C=O) groups is 1. The van der Waals surface area contributed by atoms with Gasteiger partial charge in [0.1, 0.15) is 17.4 Å². The zero-order chi connectivity index (χ0) is 21.5. The van der Waals surface area contributed by atoms with Crippen LogP contribution in [0.15, 0.2) is 12.1 Å². The van der Waals surface area contributed by atoms with Crippen LogP contribution in [0.1, 0.15) is 39.7 Å². The first-order valence-electron chi connectivity index (χ1n) is 8.76. The number of fused-ring (bicyclic) bond motifs is 1. The lowest BCUT2D eigenvalue weighted by atomic mass is 9.88. The summed E-state index contributed by atoms with van der Waals surface area (Å²) in [6, 6.07) is 4.98. The smallest absolute Gasteiger partial charge is 0.412 e. The van der Waals surface area contributed by atoms with Crippen molar-refractivity contribution >= 4 is 17.5 Å². The molecule has 1 atom stereocenters. The molecule has 28 heavy (non-hydrogen) atoms. The number of ether oxygens (including phenoxy) is 1. The number of nitrogens with one attached hydrogen (secondary N) is 1.